The quantitative estimate of drug-likeness (QED) is 0.681. The van der Waals surface area contributed by atoms with Gasteiger partial charge in [-0.15, -0.1) is 0 Å². The van der Waals surface area contributed by atoms with Gasteiger partial charge in [0.15, 0.2) is 0 Å². The highest BCUT2D eigenvalue weighted by atomic mass is 14.7. The Morgan fingerprint density at radius 3 is 2.21 bits per heavy atom. The molecule has 0 saturated heterocycles. The van der Waals surface area contributed by atoms with E-state index in [1.165, 1.54) is 51.4 Å². The predicted molar refractivity (Wildman–Crippen MR) is 58.9 cm³/mol. The summed E-state index contributed by atoms with van der Waals surface area (Å²) >= 11 is 0. The van der Waals surface area contributed by atoms with E-state index in [4.69, 9.17) is 5.73 Å². The zero-order valence-corrected chi connectivity index (χ0v) is 9.12. The van der Waals surface area contributed by atoms with Gasteiger partial charge in [0.1, 0.15) is 0 Å². The van der Waals surface area contributed by atoms with Gasteiger partial charge in [0.05, 0.1) is 0 Å². The SMILES string of the molecule is NC1CCC2CCCCC2C1C1CC1. The first-order chi connectivity index (χ1) is 6.86. The fraction of sp³-hybridized carbons (Fsp3) is 1.00. The first kappa shape index (κ1) is 9.21. The van der Waals surface area contributed by atoms with Crippen molar-refractivity contribution in [1.82, 2.24) is 0 Å². The molecular weight excluding hydrogens is 170 g/mol. The van der Waals surface area contributed by atoms with Crippen LogP contribution in [0.15, 0.2) is 0 Å². The number of rotatable bonds is 1. The third-order valence-corrected chi connectivity index (χ3v) is 4.99. The second kappa shape index (κ2) is 3.52. The number of fused-ring (bicyclic) bond motifs is 1. The van der Waals surface area contributed by atoms with Crippen LogP contribution in [0.1, 0.15) is 51.4 Å². The molecule has 0 aliphatic heterocycles. The molecule has 4 unspecified atom stereocenters. The molecule has 14 heavy (non-hydrogen) atoms. The normalized spacial score (nSPS) is 48.6. The highest BCUT2D eigenvalue weighted by molar-refractivity contribution is 4.98. The number of hydrogen-bond donors (Lipinski definition) is 1. The average molecular weight is 193 g/mol. The molecule has 0 heterocycles. The standard InChI is InChI=1S/C13H23N/c14-12-8-7-9-3-1-2-4-11(9)13(12)10-5-6-10/h9-13H,1-8,14H2. The zero-order chi connectivity index (χ0) is 9.54. The van der Waals surface area contributed by atoms with Crippen molar-refractivity contribution >= 4 is 0 Å². The Bertz CT molecular complexity index is 209. The van der Waals surface area contributed by atoms with Gasteiger partial charge in [-0.25, -0.2) is 0 Å². The largest absolute Gasteiger partial charge is 0.327 e. The van der Waals surface area contributed by atoms with Gasteiger partial charge in [-0.3, -0.25) is 0 Å². The van der Waals surface area contributed by atoms with E-state index in [1.807, 2.05) is 0 Å². The Labute approximate surface area is 87.4 Å². The molecule has 0 radical (unpaired) electrons. The van der Waals surface area contributed by atoms with Crippen LogP contribution in [0.5, 0.6) is 0 Å². The summed E-state index contributed by atoms with van der Waals surface area (Å²) in [5, 5.41) is 0. The second-order valence-electron chi connectivity index (χ2n) is 5.86. The van der Waals surface area contributed by atoms with E-state index in [9.17, 15) is 0 Å². The summed E-state index contributed by atoms with van der Waals surface area (Å²) in [4.78, 5) is 0. The monoisotopic (exact) mass is 193 g/mol. The summed E-state index contributed by atoms with van der Waals surface area (Å²) in [5.74, 6) is 4.05. The lowest BCUT2D eigenvalue weighted by atomic mass is 9.62. The molecule has 3 aliphatic carbocycles. The fourth-order valence-corrected chi connectivity index (χ4v) is 4.20. The van der Waals surface area contributed by atoms with Crippen LogP contribution in [0, 0.1) is 23.7 Å². The third-order valence-electron chi connectivity index (χ3n) is 4.99. The predicted octanol–water partition coefficient (Wildman–Crippen LogP) is 2.94. The minimum atomic E-state index is 0.557. The molecule has 80 valence electrons. The summed E-state index contributed by atoms with van der Waals surface area (Å²) in [6.45, 7) is 0. The Morgan fingerprint density at radius 1 is 0.714 bits per heavy atom. The van der Waals surface area contributed by atoms with Crippen LogP contribution in [-0.4, -0.2) is 6.04 Å². The van der Waals surface area contributed by atoms with Crippen LogP contribution in [-0.2, 0) is 0 Å². The van der Waals surface area contributed by atoms with Crippen molar-refractivity contribution in [2.45, 2.75) is 57.4 Å². The Balaban J connectivity index is 1.76. The molecule has 0 bridgehead atoms. The molecule has 0 spiro atoms. The maximum atomic E-state index is 6.33. The second-order valence-corrected chi connectivity index (χ2v) is 5.86. The van der Waals surface area contributed by atoms with Gasteiger partial charge in [0.25, 0.3) is 0 Å². The van der Waals surface area contributed by atoms with Crippen molar-refractivity contribution < 1.29 is 0 Å². The van der Waals surface area contributed by atoms with Crippen molar-refractivity contribution in [1.29, 1.82) is 0 Å². The Hall–Kier alpha value is -0.0400. The highest BCUT2D eigenvalue weighted by Gasteiger charge is 2.45. The molecule has 2 N–H and O–H groups in total. The van der Waals surface area contributed by atoms with Gasteiger partial charge >= 0.3 is 0 Å². The van der Waals surface area contributed by atoms with E-state index in [2.05, 4.69) is 0 Å². The summed E-state index contributed by atoms with van der Waals surface area (Å²) in [5.41, 5.74) is 6.33. The Kier molecular flexibility index (Phi) is 2.31. The van der Waals surface area contributed by atoms with Crippen molar-refractivity contribution in [2.75, 3.05) is 0 Å². The van der Waals surface area contributed by atoms with Crippen molar-refractivity contribution in [3.63, 3.8) is 0 Å². The van der Waals surface area contributed by atoms with Crippen molar-refractivity contribution in [3.05, 3.63) is 0 Å². The van der Waals surface area contributed by atoms with Crippen LogP contribution >= 0.6 is 0 Å². The molecule has 0 aromatic carbocycles. The molecule has 1 nitrogen and oxygen atoms in total. The van der Waals surface area contributed by atoms with E-state index in [0.29, 0.717) is 6.04 Å². The minimum Gasteiger partial charge on any atom is -0.327 e. The minimum absolute atomic E-state index is 0.557. The molecule has 1 heteroatoms. The van der Waals surface area contributed by atoms with Gasteiger partial charge in [-0.2, -0.15) is 0 Å². The van der Waals surface area contributed by atoms with E-state index < -0.39 is 0 Å². The maximum Gasteiger partial charge on any atom is 0.00726 e. The van der Waals surface area contributed by atoms with Gasteiger partial charge in [0.2, 0.25) is 0 Å². The molecule has 3 aliphatic rings. The van der Waals surface area contributed by atoms with E-state index in [1.54, 1.807) is 0 Å². The van der Waals surface area contributed by atoms with E-state index in [-0.39, 0.29) is 0 Å². The molecule has 4 atom stereocenters. The van der Waals surface area contributed by atoms with Crippen LogP contribution in [0.4, 0.5) is 0 Å². The van der Waals surface area contributed by atoms with Crippen LogP contribution in [0.2, 0.25) is 0 Å². The molecular formula is C13H23N. The molecule has 3 saturated carbocycles. The van der Waals surface area contributed by atoms with Gasteiger partial charge in [-0.1, -0.05) is 19.3 Å². The smallest absolute Gasteiger partial charge is 0.00726 e. The van der Waals surface area contributed by atoms with Crippen LogP contribution < -0.4 is 5.73 Å². The van der Waals surface area contributed by atoms with Crippen LogP contribution in [0.3, 0.4) is 0 Å². The van der Waals surface area contributed by atoms with E-state index >= 15 is 0 Å². The highest BCUT2D eigenvalue weighted by Crippen LogP contribution is 2.52. The lowest BCUT2D eigenvalue weighted by Gasteiger charge is -2.45. The summed E-state index contributed by atoms with van der Waals surface area (Å²) in [7, 11) is 0. The summed E-state index contributed by atoms with van der Waals surface area (Å²) < 4.78 is 0. The van der Waals surface area contributed by atoms with Crippen molar-refractivity contribution in [3.8, 4) is 0 Å². The fourth-order valence-electron chi connectivity index (χ4n) is 4.20. The third kappa shape index (κ3) is 1.50. The summed E-state index contributed by atoms with van der Waals surface area (Å²) in [6.07, 6.45) is 11.7. The molecule has 3 fully saturated rings. The van der Waals surface area contributed by atoms with Gasteiger partial charge in [0, 0.05) is 6.04 Å². The lowest BCUT2D eigenvalue weighted by Crippen LogP contribution is -2.45. The molecule has 0 aromatic heterocycles. The van der Waals surface area contributed by atoms with Gasteiger partial charge in [-0.05, 0) is 55.8 Å². The molecule has 0 aromatic rings. The number of hydrogen-bond acceptors (Lipinski definition) is 1. The maximum absolute atomic E-state index is 6.33. The van der Waals surface area contributed by atoms with Crippen molar-refractivity contribution in [2.24, 2.45) is 29.4 Å². The summed E-state index contributed by atoms with van der Waals surface area (Å²) in [6, 6.07) is 0.557. The molecule has 0 amide bonds. The first-order valence-corrected chi connectivity index (χ1v) is 6.62. The number of nitrogens with two attached hydrogens (primary N) is 1. The lowest BCUT2D eigenvalue weighted by molar-refractivity contribution is 0.0728. The van der Waals surface area contributed by atoms with Gasteiger partial charge < -0.3 is 5.73 Å². The molecule has 3 rings (SSSR count). The Morgan fingerprint density at radius 2 is 1.43 bits per heavy atom. The topological polar surface area (TPSA) is 26.0 Å². The zero-order valence-electron chi connectivity index (χ0n) is 9.12. The average Bonchev–Trinajstić information content (AvgIpc) is 3.01. The van der Waals surface area contributed by atoms with Crippen LogP contribution in [0.25, 0.3) is 0 Å². The first-order valence-electron chi connectivity index (χ1n) is 6.62. The van der Waals surface area contributed by atoms with E-state index in [0.717, 1.165) is 23.7 Å².